The molecule has 5 nitrogen and oxygen atoms in total. The first kappa shape index (κ1) is 23.4. The second kappa shape index (κ2) is 11.1. The highest BCUT2D eigenvalue weighted by molar-refractivity contribution is 5.98. The molecule has 0 aliphatic rings. The van der Waals surface area contributed by atoms with E-state index in [0.717, 1.165) is 32.4 Å². The number of nitrogens with zero attached hydrogens (tertiary/aromatic N) is 1. The van der Waals surface area contributed by atoms with Crippen LogP contribution in [0.15, 0.2) is 24.3 Å². The quantitative estimate of drug-likeness (QED) is 0.694. The van der Waals surface area contributed by atoms with Gasteiger partial charge in [-0.3, -0.25) is 9.59 Å². The Balaban J connectivity index is 0.00000576. The Labute approximate surface area is 157 Å². The molecule has 0 saturated carbocycles. The van der Waals surface area contributed by atoms with Crippen molar-refractivity contribution >= 4 is 29.9 Å². The van der Waals surface area contributed by atoms with Crippen molar-refractivity contribution < 1.29 is 9.59 Å². The fraction of sp³-hybridized carbons (Fsp3) is 0.579. The highest BCUT2D eigenvalue weighted by Crippen LogP contribution is 2.16. The maximum absolute atomic E-state index is 12.5. The SMILES string of the molecule is CCCN(CCC)C(=O)c1ccc(NC(=O)C(C)(N)CCC)cc1.Cl. The van der Waals surface area contributed by atoms with E-state index in [4.69, 9.17) is 5.73 Å². The van der Waals surface area contributed by atoms with Crippen LogP contribution < -0.4 is 11.1 Å². The van der Waals surface area contributed by atoms with Crippen molar-refractivity contribution in [3.05, 3.63) is 29.8 Å². The van der Waals surface area contributed by atoms with Crippen molar-refractivity contribution in [2.24, 2.45) is 5.73 Å². The van der Waals surface area contributed by atoms with E-state index >= 15 is 0 Å². The van der Waals surface area contributed by atoms with Gasteiger partial charge in [-0.05, 0) is 50.5 Å². The molecule has 1 rings (SSSR count). The van der Waals surface area contributed by atoms with E-state index in [1.807, 2.05) is 11.8 Å². The van der Waals surface area contributed by atoms with Crippen molar-refractivity contribution in [3.63, 3.8) is 0 Å². The predicted octanol–water partition coefficient (Wildman–Crippen LogP) is 3.83. The zero-order valence-corrected chi connectivity index (χ0v) is 16.6. The number of carbonyl (C=O) groups excluding carboxylic acids is 2. The molecular formula is C19H32ClN3O2. The van der Waals surface area contributed by atoms with E-state index in [1.165, 1.54) is 0 Å². The van der Waals surface area contributed by atoms with Crippen LogP contribution in [0.5, 0.6) is 0 Å². The van der Waals surface area contributed by atoms with Crippen LogP contribution in [0.4, 0.5) is 5.69 Å². The van der Waals surface area contributed by atoms with Crippen molar-refractivity contribution in [1.29, 1.82) is 0 Å². The van der Waals surface area contributed by atoms with Gasteiger partial charge in [-0.2, -0.15) is 0 Å². The van der Waals surface area contributed by atoms with Crippen molar-refractivity contribution in [3.8, 4) is 0 Å². The zero-order chi connectivity index (χ0) is 18.2. The van der Waals surface area contributed by atoms with E-state index in [-0.39, 0.29) is 24.2 Å². The molecule has 0 radical (unpaired) electrons. The van der Waals surface area contributed by atoms with Gasteiger partial charge in [0.1, 0.15) is 0 Å². The minimum absolute atomic E-state index is 0. The molecule has 1 aromatic rings. The first-order valence-corrected chi connectivity index (χ1v) is 8.85. The second-order valence-corrected chi connectivity index (χ2v) is 6.49. The van der Waals surface area contributed by atoms with Crippen molar-refractivity contribution in [2.45, 2.75) is 58.9 Å². The van der Waals surface area contributed by atoms with Crippen molar-refractivity contribution in [1.82, 2.24) is 4.90 Å². The third-order valence-corrected chi connectivity index (χ3v) is 3.95. The third-order valence-electron chi connectivity index (χ3n) is 3.95. The van der Waals surface area contributed by atoms with Gasteiger partial charge >= 0.3 is 0 Å². The standard InChI is InChI=1S/C19H31N3O2.ClH/c1-5-12-19(4,20)18(24)21-16-10-8-15(9-11-16)17(23)22(13-6-2)14-7-3;/h8-11H,5-7,12-14,20H2,1-4H3,(H,21,24);1H. The van der Waals surface area contributed by atoms with Crippen LogP contribution in [0, 0.1) is 0 Å². The molecule has 0 saturated heterocycles. The molecule has 0 aliphatic carbocycles. The molecule has 2 amide bonds. The molecule has 0 fully saturated rings. The predicted molar refractivity (Wildman–Crippen MR) is 106 cm³/mol. The Hall–Kier alpha value is -1.59. The maximum Gasteiger partial charge on any atom is 0.253 e. The highest BCUT2D eigenvalue weighted by atomic mass is 35.5. The molecule has 0 heterocycles. The Bertz CT molecular complexity index is 538. The fourth-order valence-electron chi connectivity index (χ4n) is 2.64. The normalized spacial score (nSPS) is 12.7. The van der Waals surface area contributed by atoms with Crippen LogP contribution in [0.3, 0.4) is 0 Å². The summed E-state index contributed by atoms with van der Waals surface area (Å²) in [4.78, 5) is 26.6. The van der Waals surface area contributed by atoms with Crippen LogP contribution in [0.2, 0.25) is 0 Å². The number of rotatable bonds is 9. The highest BCUT2D eigenvalue weighted by Gasteiger charge is 2.27. The summed E-state index contributed by atoms with van der Waals surface area (Å²) in [7, 11) is 0. The number of benzene rings is 1. The average molecular weight is 370 g/mol. The Morgan fingerprint density at radius 2 is 1.56 bits per heavy atom. The number of amides is 2. The number of hydrogen-bond donors (Lipinski definition) is 2. The van der Waals surface area contributed by atoms with Gasteiger partial charge in [-0.15, -0.1) is 12.4 Å². The minimum atomic E-state index is -0.887. The van der Waals surface area contributed by atoms with Gasteiger partial charge in [0.25, 0.3) is 5.91 Å². The number of nitrogens with two attached hydrogens (primary N) is 1. The van der Waals surface area contributed by atoms with Crippen LogP contribution in [0.25, 0.3) is 0 Å². The van der Waals surface area contributed by atoms with Gasteiger partial charge in [-0.25, -0.2) is 0 Å². The molecule has 1 atom stereocenters. The Morgan fingerprint density at radius 3 is 2.00 bits per heavy atom. The molecule has 1 unspecified atom stereocenters. The van der Waals surface area contributed by atoms with Crippen LogP contribution in [0.1, 0.15) is 63.7 Å². The van der Waals surface area contributed by atoms with Gasteiger partial charge in [0.05, 0.1) is 5.54 Å². The first-order chi connectivity index (χ1) is 11.4. The fourth-order valence-corrected chi connectivity index (χ4v) is 2.64. The largest absolute Gasteiger partial charge is 0.339 e. The summed E-state index contributed by atoms with van der Waals surface area (Å²) in [6.07, 6.45) is 3.34. The lowest BCUT2D eigenvalue weighted by Crippen LogP contribution is -2.48. The van der Waals surface area contributed by atoms with Crippen LogP contribution >= 0.6 is 12.4 Å². The lowest BCUT2D eigenvalue weighted by Gasteiger charge is -2.23. The second-order valence-electron chi connectivity index (χ2n) is 6.49. The first-order valence-electron chi connectivity index (χ1n) is 8.85. The Kier molecular flexibility index (Phi) is 10.4. The van der Waals surface area contributed by atoms with E-state index in [1.54, 1.807) is 31.2 Å². The Morgan fingerprint density at radius 1 is 1.04 bits per heavy atom. The van der Waals surface area contributed by atoms with Crippen LogP contribution in [-0.2, 0) is 4.79 Å². The van der Waals surface area contributed by atoms with Gasteiger partial charge in [0.2, 0.25) is 5.91 Å². The molecule has 0 aromatic heterocycles. The maximum atomic E-state index is 12.5. The van der Waals surface area contributed by atoms with E-state index in [9.17, 15) is 9.59 Å². The number of nitrogens with one attached hydrogen (secondary N) is 1. The molecule has 3 N–H and O–H groups in total. The van der Waals surface area contributed by atoms with Crippen molar-refractivity contribution in [2.75, 3.05) is 18.4 Å². The summed E-state index contributed by atoms with van der Waals surface area (Å²) in [5, 5.41) is 2.82. The van der Waals surface area contributed by atoms with Gasteiger partial charge in [-0.1, -0.05) is 27.2 Å². The molecular weight excluding hydrogens is 338 g/mol. The minimum Gasteiger partial charge on any atom is -0.339 e. The topological polar surface area (TPSA) is 75.4 Å². The molecule has 0 spiro atoms. The lowest BCUT2D eigenvalue weighted by atomic mass is 9.96. The molecule has 0 aliphatic heterocycles. The summed E-state index contributed by atoms with van der Waals surface area (Å²) < 4.78 is 0. The van der Waals surface area contributed by atoms with E-state index in [2.05, 4.69) is 19.2 Å². The number of hydrogen-bond acceptors (Lipinski definition) is 3. The lowest BCUT2D eigenvalue weighted by molar-refractivity contribution is -0.120. The summed E-state index contributed by atoms with van der Waals surface area (Å²) >= 11 is 0. The van der Waals surface area contributed by atoms with Gasteiger partial charge in [0, 0.05) is 24.3 Å². The summed E-state index contributed by atoms with van der Waals surface area (Å²) in [6.45, 7) is 9.37. The van der Waals surface area contributed by atoms with Gasteiger partial charge in [0.15, 0.2) is 0 Å². The van der Waals surface area contributed by atoms with Crippen LogP contribution in [-0.4, -0.2) is 35.3 Å². The molecule has 25 heavy (non-hydrogen) atoms. The summed E-state index contributed by atoms with van der Waals surface area (Å²) in [5.74, 6) is -0.173. The smallest absolute Gasteiger partial charge is 0.253 e. The molecule has 1 aromatic carbocycles. The monoisotopic (exact) mass is 369 g/mol. The van der Waals surface area contributed by atoms with E-state index < -0.39 is 5.54 Å². The van der Waals surface area contributed by atoms with E-state index in [0.29, 0.717) is 17.7 Å². The molecule has 6 heteroatoms. The average Bonchev–Trinajstić information content (AvgIpc) is 2.54. The van der Waals surface area contributed by atoms with Gasteiger partial charge < -0.3 is 16.0 Å². The number of anilines is 1. The number of carbonyl (C=O) groups is 2. The molecule has 0 bridgehead atoms. The molecule has 142 valence electrons. The third kappa shape index (κ3) is 7.04. The zero-order valence-electron chi connectivity index (χ0n) is 15.8. The number of halogens is 1. The summed E-state index contributed by atoms with van der Waals surface area (Å²) in [5.41, 5.74) is 6.44. The summed E-state index contributed by atoms with van der Waals surface area (Å²) in [6, 6.07) is 7.01.